The van der Waals surface area contributed by atoms with Crippen LogP contribution in [0.3, 0.4) is 0 Å². The number of anilines is 2. The maximum atomic E-state index is 11.7. The standard InChI is InChI=1S/C16H13N3O/c20-15-11-14(17-13-9-5-2-6-10-13)18-16(19-15)12-7-3-1-4-8-12/h1-11H,(H2,17,18,19,20). The second-order valence-corrected chi connectivity index (χ2v) is 4.34. The Morgan fingerprint density at radius 3 is 2.25 bits per heavy atom. The molecule has 0 saturated carbocycles. The van der Waals surface area contributed by atoms with Crippen molar-refractivity contribution >= 4 is 11.5 Å². The second-order valence-electron chi connectivity index (χ2n) is 4.34. The van der Waals surface area contributed by atoms with Crippen LogP contribution in [0.5, 0.6) is 0 Å². The molecule has 2 aromatic carbocycles. The van der Waals surface area contributed by atoms with Crippen LogP contribution in [0, 0.1) is 0 Å². The van der Waals surface area contributed by atoms with Gasteiger partial charge in [0.1, 0.15) is 11.6 Å². The molecule has 0 bridgehead atoms. The number of para-hydroxylation sites is 1. The predicted octanol–water partition coefficient (Wildman–Crippen LogP) is 3.18. The summed E-state index contributed by atoms with van der Waals surface area (Å²) >= 11 is 0. The van der Waals surface area contributed by atoms with Gasteiger partial charge in [0.05, 0.1) is 0 Å². The largest absolute Gasteiger partial charge is 0.340 e. The first-order valence-corrected chi connectivity index (χ1v) is 6.30. The van der Waals surface area contributed by atoms with E-state index in [9.17, 15) is 4.79 Å². The van der Waals surface area contributed by atoms with Crippen LogP contribution in [-0.2, 0) is 0 Å². The summed E-state index contributed by atoms with van der Waals surface area (Å²) in [5.41, 5.74) is 1.59. The lowest BCUT2D eigenvalue weighted by molar-refractivity contribution is 1.13. The number of nitrogens with zero attached hydrogens (tertiary/aromatic N) is 1. The molecule has 0 atom stereocenters. The molecule has 2 N–H and O–H groups in total. The first-order chi connectivity index (χ1) is 9.81. The van der Waals surface area contributed by atoms with Crippen molar-refractivity contribution in [3.63, 3.8) is 0 Å². The minimum absolute atomic E-state index is 0.183. The summed E-state index contributed by atoms with van der Waals surface area (Å²) in [6, 6.07) is 20.6. The fourth-order valence-corrected chi connectivity index (χ4v) is 1.92. The number of aromatic amines is 1. The molecular weight excluding hydrogens is 250 g/mol. The van der Waals surface area contributed by atoms with Gasteiger partial charge in [0, 0.05) is 17.3 Å². The second kappa shape index (κ2) is 5.40. The number of aromatic nitrogens is 2. The number of hydrogen-bond donors (Lipinski definition) is 2. The molecule has 0 spiro atoms. The molecule has 0 aliphatic carbocycles. The predicted molar refractivity (Wildman–Crippen MR) is 80.0 cm³/mol. The van der Waals surface area contributed by atoms with E-state index in [1.54, 1.807) is 0 Å². The molecule has 4 nitrogen and oxygen atoms in total. The maximum Gasteiger partial charge on any atom is 0.253 e. The molecule has 98 valence electrons. The number of benzene rings is 2. The Balaban J connectivity index is 1.97. The van der Waals surface area contributed by atoms with E-state index in [1.807, 2.05) is 60.7 Å². The smallest absolute Gasteiger partial charge is 0.253 e. The molecule has 0 radical (unpaired) electrons. The summed E-state index contributed by atoms with van der Waals surface area (Å²) in [5.74, 6) is 1.08. The maximum absolute atomic E-state index is 11.7. The molecule has 0 aliphatic heterocycles. The monoisotopic (exact) mass is 263 g/mol. The van der Waals surface area contributed by atoms with Crippen LogP contribution in [0.2, 0.25) is 0 Å². The quantitative estimate of drug-likeness (QED) is 0.763. The summed E-state index contributed by atoms with van der Waals surface area (Å²) in [4.78, 5) is 18.9. The van der Waals surface area contributed by atoms with E-state index in [1.165, 1.54) is 6.07 Å². The molecule has 20 heavy (non-hydrogen) atoms. The highest BCUT2D eigenvalue weighted by molar-refractivity contribution is 5.60. The first kappa shape index (κ1) is 12.2. The van der Waals surface area contributed by atoms with E-state index in [0.29, 0.717) is 11.6 Å². The normalized spacial score (nSPS) is 10.2. The van der Waals surface area contributed by atoms with Crippen LogP contribution in [0.1, 0.15) is 0 Å². The summed E-state index contributed by atoms with van der Waals surface area (Å²) in [5, 5.41) is 3.12. The van der Waals surface area contributed by atoms with Crippen molar-refractivity contribution in [1.82, 2.24) is 9.97 Å². The summed E-state index contributed by atoms with van der Waals surface area (Å²) < 4.78 is 0. The van der Waals surface area contributed by atoms with E-state index < -0.39 is 0 Å². The van der Waals surface area contributed by atoms with Gasteiger partial charge >= 0.3 is 0 Å². The average molecular weight is 263 g/mol. The number of H-pyrrole nitrogens is 1. The summed E-state index contributed by atoms with van der Waals surface area (Å²) in [6.07, 6.45) is 0. The van der Waals surface area contributed by atoms with Crippen LogP contribution in [0.25, 0.3) is 11.4 Å². The van der Waals surface area contributed by atoms with E-state index in [2.05, 4.69) is 15.3 Å². The SMILES string of the molecule is O=c1cc(Nc2ccccc2)nc(-c2ccccc2)[nH]1. The third-order valence-electron chi connectivity index (χ3n) is 2.84. The topological polar surface area (TPSA) is 57.8 Å². The van der Waals surface area contributed by atoms with Crippen molar-refractivity contribution in [3.8, 4) is 11.4 Å². The van der Waals surface area contributed by atoms with Gasteiger partial charge in [0.25, 0.3) is 5.56 Å². The molecule has 3 aromatic rings. The van der Waals surface area contributed by atoms with Gasteiger partial charge in [0.15, 0.2) is 0 Å². The molecule has 1 heterocycles. The third kappa shape index (κ3) is 2.75. The Morgan fingerprint density at radius 1 is 0.900 bits per heavy atom. The third-order valence-corrected chi connectivity index (χ3v) is 2.84. The minimum atomic E-state index is -0.183. The van der Waals surface area contributed by atoms with Crippen molar-refractivity contribution in [2.45, 2.75) is 0 Å². The highest BCUT2D eigenvalue weighted by Gasteiger charge is 2.03. The van der Waals surface area contributed by atoms with Crippen LogP contribution in [-0.4, -0.2) is 9.97 Å². The van der Waals surface area contributed by atoms with Gasteiger partial charge in [-0.15, -0.1) is 0 Å². The number of nitrogens with one attached hydrogen (secondary N) is 2. The van der Waals surface area contributed by atoms with E-state index >= 15 is 0 Å². The zero-order valence-corrected chi connectivity index (χ0v) is 10.7. The average Bonchev–Trinajstić information content (AvgIpc) is 2.49. The van der Waals surface area contributed by atoms with Gasteiger partial charge in [-0.1, -0.05) is 48.5 Å². The fourth-order valence-electron chi connectivity index (χ4n) is 1.92. The fraction of sp³-hybridized carbons (Fsp3) is 0. The van der Waals surface area contributed by atoms with Crippen LogP contribution < -0.4 is 10.9 Å². The van der Waals surface area contributed by atoms with Crippen molar-refractivity contribution in [3.05, 3.63) is 77.1 Å². The molecule has 0 fully saturated rings. The van der Waals surface area contributed by atoms with Gasteiger partial charge in [-0.25, -0.2) is 4.98 Å². The molecule has 4 heteroatoms. The van der Waals surface area contributed by atoms with E-state index in [0.717, 1.165) is 11.3 Å². The van der Waals surface area contributed by atoms with Gasteiger partial charge in [-0.3, -0.25) is 4.79 Å². The highest BCUT2D eigenvalue weighted by Crippen LogP contribution is 2.17. The van der Waals surface area contributed by atoms with Gasteiger partial charge < -0.3 is 10.3 Å². The Hall–Kier alpha value is -2.88. The molecular formula is C16H13N3O. The van der Waals surface area contributed by atoms with Crippen molar-refractivity contribution in [2.75, 3.05) is 5.32 Å². The molecule has 3 rings (SSSR count). The first-order valence-electron chi connectivity index (χ1n) is 6.30. The Kier molecular flexibility index (Phi) is 3.29. The lowest BCUT2D eigenvalue weighted by atomic mass is 10.2. The Labute approximate surface area is 116 Å². The van der Waals surface area contributed by atoms with Crippen molar-refractivity contribution in [2.24, 2.45) is 0 Å². The molecule has 0 saturated heterocycles. The lowest BCUT2D eigenvalue weighted by Gasteiger charge is -2.07. The molecule has 0 aliphatic rings. The summed E-state index contributed by atoms with van der Waals surface area (Å²) in [6.45, 7) is 0. The van der Waals surface area contributed by atoms with Gasteiger partial charge in [-0.2, -0.15) is 0 Å². The molecule has 0 amide bonds. The zero-order valence-electron chi connectivity index (χ0n) is 10.7. The van der Waals surface area contributed by atoms with Crippen LogP contribution in [0.4, 0.5) is 11.5 Å². The molecule has 1 aromatic heterocycles. The van der Waals surface area contributed by atoms with E-state index in [-0.39, 0.29) is 5.56 Å². The number of hydrogen-bond acceptors (Lipinski definition) is 3. The van der Waals surface area contributed by atoms with Gasteiger partial charge in [-0.05, 0) is 12.1 Å². The van der Waals surface area contributed by atoms with Crippen LogP contribution in [0.15, 0.2) is 71.5 Å². The Bertz CT molecular complexity index is 751. The number of rotatable bonds is 3. The molecule has 0 unspecified atom stereocenters. The van der Waals surface area contributed by atoms with E-state index in [4.69, 9.17) is 0 Å². The van der Waals surface area contributed by atoms with Crippen LogP contribution >= 0.6 is 0 Å². The van der Waals surface area contributed by atoms with Crippen molar-refractivity contribution < 1.29 is 0 Å². The lowest BCUT2D eigenvalue weighted by Crippen LogP contribution is -2.09. The minimum Gasteiger partial charge on any atom is -0.340 e. The highest BCUT2D eigenvalue weighted by atomic mass is 16.1. The summed E-state index contributed by atoms with van der Waals surface area (Å²) in [7, 11) is 0. The van der Waals surface area contributed by atoms with Gasteiger partial charge in [0.2, 0.25) is 0 Å². The zero-order chi connectivity index (χ0) is 13.8. The van der Waals surface area contributed by atoms with Crippen molar-refractivity contribution in [1.29, 1.82) is 0 Å². The Morgan fingerprint density at radius 2 is 1.55 bits per heavy atom.